The van der Waals surface area contributed by atoms with Gasteiger partial charge in [-0.05, 0) is 36.4 Å². The van der Waals surface area contributed by atoms with Crippen molar-refractivity contribution < 1.29 is 9.53 Å². The normalized spacial score (nSPS) is 16.0. The molecular weight excluding hydrogens is 401 g/mol. The number of nitrogens with one attached hydrogen (secondary N) is 3. The lowest BCUT2D eigenvalue weighted by molar-refractivity contribution is 0.133. The average Bonchev–Trinajstić information content (AvgIpc) is 3.15. The number of H-pyrrole nitrogens is 1. The largest absolute Gasteiger partial charge is 0.490 e. The standard InChI is InChI=1S/C19H21N5O2.2ClH/c25-19(23-15-3-4-18-14(10-15)5-7-22-18)24-9-8-21-11-16(24)13-26-17-2-1-6-20-12-17;;/h1-7,10,12,16,21-22H,8-9,11,13H2,(H,23,25);2*1H. The van der Waals surface area contributed by atoms with Crippen molar-refractivity contribution in [2.75, 3.05) is 31.6 Å². The zero-order valence-electron chi connectivity index (χ0n) is 15.1. The molecule has 1 unspecified atom stereocenters. The summed E-state index contributed by atoms with van der Waals surface area (Å²) in [4.78, 5) is 21.8. The van der Waals surface area contributed by atoms with Crippen molar-refractivity contribution in [3.8, 4) is 5.75 Å². The van der Waals surface area contributed by atoms with Crippen molar-refractivity contribution in [2.24, 2.45) is 0 Å². The molecule has 1 aliphatic rings. The Bertz CT molecular complexity index is 890. The number of ether oxygens (including phenoxy) is 1. The van der Waals surface area contributed by atoms with Gasteiger partial charge in [0.2, 0.25) is 0 Å². The van der Waals surface area contributed by atoms with Crippen molar-refractivity contribution in [2.45, 2.75) is 6.04 Å². The predicted molar refractivity (Wildman–Crippen MR) is 115 cm³/mol. The summed E-state index contributed by atoms with van der Waals surface area (Å²) in [6.07, 6.45) is 5.27. The zero-order chi connectivity index (χ0) is 17.8. The van der Waals surface area contributed by atoms with Gasteiger partial charge < -0.3 is 25.3 Å². The smallest absolute Gasteiger partial charge is 0.322 e. The Balaban J connectivity index is 0.00000140. The molecule has 4 rings (SSSR count). The third-order valence-corrected chi connectivity index (χ3v) is 4.49. The highest BCUT2D eigenvalue weighted by molar-refractivity contribution is 5.93. The third-order valence-electron chi connectivity index (χ3n) is 4.49. The number of aromatic amines is 1. The Kier molecular flexibility index (Phi) is 7.92. The van der Waals surface area contributed by atoms with Crippen LogP contribution in [0.2, 0.25) is 0 Å². The van der Waals surface area contributed by atoms with E-state index in [0.717, 1.165) is 23.1 Å². The maximum absolute atomic E-state index is 12.8. The second kappa shape index (κ2) is 10.2. The highest BCUT2D eigenvalue weighted by Gasteiger charge is 2.27. The number of halogens is 2. The topological polar surface area (TPSA) is 82.3 Å². The summed E-state index contributed by atoms with van der Waals surface area (Å²) < 4.78 is 5.80. The van der Waals surface area contributed by atoms with Crippen molar-refractivity contribution in [3.63, 3.8) is 0 Å². The molecule has 7 nitrogen and oxygen atoms in total. The van der Waals surface area contributed by atoms with Gasteiger partial charge in [0.15, 0.2) is 0 Å². The first kappa shape index (κ1) is 21.8. The van der Waals surface area contributed by atoms with Crippen LogP contribution in [0, 0.1) is 0 Å². The molecule has 2 aromatic heterocycles. The number of pyridine rings is 1. The first-order chi connectivity index (χ1) is 12.8. The summed E-state index contributed by atoms with van der Waals surface area (Å²) in [7, 11) is 0. The van der Waals surface area contributed by atoms with Crippen LogP contribution < -0.4 is 15.4 Å². The fourth-order valence-corrected chi connectivity index (χ4v) is 3.13. The maximum atomic E-state index is 12.8. The van der Waals surface area contributed by atoms with E-state index < -0.39 is 0 Å². The quantitative estimate of drug-likeness (QED) is 0.601. The van der Waals surface area contributed by atoms with E-state index in [9.17, 15) is 4.79 Å². The molecule has 1 saturated heterocycles. The fourth-order valence-electron chi connectivity index (χ4n) is 3.13. The van der Waals surface area contributed by atoms with E-state index in [1.54, 1.807) is 12.4 Å². The lowest BCUT2D eigenvalue weighted by atomic mass is 10.2. The van der Waals surface area contributed by atoms with E-state index in [4.69, 9.17) is 4.74 Å². The molecule has 0 spiro atoms. The van der Waals surface area contributed by atoms with Gasteiger partial charge in [-0.2, -0.15) is 0 Å². The van der Waals surface area contributed by atoms with Crippen LogP contribution in [0.4, 0.5) is 10.5 Å². The summed E-state index contributed by atoms with van der Waals surface area (Å²) in [5, 5.41) is 7.39. The molecule has 1 atom stereocenters. The van der Waals surface area contributed by atoms with E-state index in [-0.39, 0.29) is 36.9 Å². The molecule has 0 aliphatic carbocycles. The number of amides is 2. The number of hydrogen-bond donors (Lipinski definition) is 3. The second-order valence-corrected chi connectivity index (χ2v) is 6.26. The number of fused-ring (bicyclic) bond motifs is 1. The Morgan fingerprint density at radius 1 is 1.29 bits per heavy atom. The lowest BCUT2D eigenvalue weighted by Gasteiger charge is -2.35. The molecule has 0 radical (unpaired) electrons. The van der Waals surface area contributed by atoms with Crippen molar-refractivity contribution in [1.29, 1.82) is 0 Å². The molecule has 1 aliphatic heterocycles. The highest BCUT2D eigenvalue weighted by Crippen LogP contribution is 2.19. The average molecular weight is 424 g/mol. The minimum Gasteiger partial charge on any atom is -0.490 e. The van der Waals surface area contributed by atoms with Crippen LogP contribution in [-0.2, 0) is 0 Å². The van der Waals surface area contributed by atoms with Gasteiger partial charge in [0.1, 0.15) is 12.4 Å². The zero-order valence-corrected chi connectivity index (χ0v) is 16.8. The molecule has 28 heavy (non-hydrogen) atoms. The molecule has 1 fully saturated rings. The number of urea groups is 1. The fraction of sp³-hybridized carbons (Fsp3) is 0.263. The molecule has 1 aromatic carbocycles. The van der Waals surface area contributed by atoms with Crippen LogP contribution in [0.1, 0.15) is 0 Å². The minimum atomic E-state index is -0.110. The molecule has 3 N–H and O–H groups in total. The summed E-state index contributed by atoms with van der Waals surface area (Å²) in [6.45, 7) is 2.53. The van der Waals surface area contributed by atoms with Gasteiger partial charge in [-0.3, -0.25) is 4.98 Å². The SMILES string of the molecule is Cl.Cl.O=C(Nc1ccc2[nH]ccc2c1)N1CCNCC1COc1cccnc1. The summed E-state index contributed by atoms with van der Waals surface area (Å²) in [5.41, 5.74) is 1.83. The molecule has 3 aromatic rings. The maximum Gasteiger partial charge on any atom is 0.322 e. The van der Waals surface area contributed by atoms with Crippen LogP contribution in [0.5, 0.6) is 5.75 Å². The van der Waals surface area contributed by atoms with Gasteiger partial charge in [0.25, 0.3) is 0 Å². The monoisotopic (exact) mass is 423 g/mol. The Labute approximate surface area is 175 Å². The predicted octanol–water partition coefficient (Wildman–Crippen LogP) is 3.29. The van der Waals surface area contributed by atoms with Crippen LogP contribution in [0.15, 0.2) is 55.0 Å². The molecule has 2 amide bonds. The second-order valence-electron chi connectivity index (χ2n) is 6.26. The molecule has 0 bridgehead atoms. The van der Waals surface area contributed by atoms with Crippen molar-refractivity contribution >= 4 is 47.4 Å². The number of aromatic nitrogens is 2. The van der Waals surface area contributed by atoms with E-state index in [0.29, 0.717) is 25.4 Å². The Morgan fingerprint density at radius 2 is 2.18 bits per heavy atom. The minimum absolute atomic E-state index is 0. The van der Waals surface area contributed by atoms with E-state index in [1.807, 2.05) is 47.5 Å². The number of piperazine rings is 1. The Morgan fingerprint density at radius 3 is 3.00 bits per heavy atom. The summed E-state index contributed by atoms with van der Waals surface area (Å²) >= 11 is 0. The highest BCUT2D eigenvalue weighted by atomic mass is 35.5. The molecule has 150 valence electrons. The number of hydrogen-bond acceptors (Lipinski definition) is 4. The van der Waals surface area contributed by atoms with E-state index in [1.165, 1.54) is 0 Å². The van der Waals surface area contributed by atoms with Gasteiger partial charge in [0, 0.05) is 48.6 Å². The van der Waals surface area contributed by atoms with E-state index >= 15 is 0 Å². The molecular formula is C19H23Cl2N5O2. The third kappa shape index (κ3) is 5.07. The van der Waals surface area contributed by atoms with Crippen molar-refractivity contribution in [3.05, 3.63) is 55.0 Å². The summed E-state index contributed by atoms with van der Waals surface area (Å²) in [5.74, 6) is 0.705. The van der Waals surface area contributed by atoms with E-state index in [2.05, 4.69) is 20.6 Å². The summed E-state index contributed by atoms with van der Waals surface area (Å²) in [6, 6.07) is 11.4. The number of anilines is 1. The van der Waals surface area contributed by atoms with Gasteiger partial charge >= 0.3 is 6.03 Å². The van der Waals surface area contributed by atoms with Crippen molar-refractivity contribution in [1.82, 2.24) is 20.2 Å². The number of benzene rings is 1. The lowest BCUT2D eigenvalue weighted by Crippen LogP contribution is -2.57. The molecule has 0 saturated carbocycles. The van der Waals surface area contributed by atoms with Crippen LogP contribution >= 0.6 is 24.8 Å². The van der Waals surface area contributed by atoms with Crippen LogP contribution in [0.3, 0.4) is 0 Å². The first-order valence-corrected chi connectivity index (χ1v) is 8.68. The first-order valence-electron chi connectivity index (χ1n) is 8.68. The van der Waals surface area contributed by atoms with Crippen LogP contribution in [-0.4, -0.2) is 53.2 Å². The van der Waals surface area contributed by atoms with Gasteiger partial charge in [-0.25, -0.2) is 4.79 Å². The Hall–Kier alpha value is -2.48. The number of rotatable bonds is 4. The van der Waals surface area contributed by atoms with Gasteiger partial charge in [-0.1, -0.05) is 0 Å². The number of carbonyl (C=O) groups excluding carboxylic acids is 1. The number of carbonyl (C=O) groups is 1. The number of nitrogens with zero attached hydrogens (tertiary/aromatic N) is 2. The molecule has 3 heterocycles. The van der Waals surface area contributed by atoms with Crippen LogP contribution in [0.25, 0.3) is 10.9 Å². The van der Waals surface area contributed by atoms with Gasteiger partial charge in [-0.15, -0.1) is 24.8 Å². The molecule has 9 heteroatoms. The van der Waals surface area contributed by atoms with Gasteiger partial charge in [0.05, 0.1) is 12.2 Å².